The molecule has 1 aromatic carbocycles. The predicted molar refractivity (Wildman–Crippen MR) is 91.2 cm³/mol. The SMILES string of the molecule is Cc1cccc2nc(-c3ccc(F)cc3F)c(NC3CCCC3)n12. The molecule has 3 nitrogen and oxygen atoms in total. The molecule has 0 unspecified atom stereocenters. The molecule has 5 heteroatoms. The van der Waals surface area contributed by atoms with Crippen molar-refractivity contribution in [2.75, 3.05) is 5.32 Å². The monoisotopic (exact) mass is 327 g/mol. The van der Waals surface area contributed by atoms with E-state index in [1.54, 1.807) is 0 Å². The predicted octanol–water partition coefficient (Wildman–Crippen LogP) is 4.94. The highest BCUT2D eigenvalue weighted by molar-refractivity contribution is 5.77. The van der Waals surface area contributed by atoms with E-state index >= 15 is 0 Å². The molecule has 0 radical (unpaired) electrons. The molecule has 0 aliphatic heterocycles. The zero-order chi connectivity index (χ0) is 16.7. The van der Waals surface area contributed by atoms with Crippen molar-refractivity contribution in [3.05, 3.63) is 53.7 Å². The van der Waals surface area contributed by atoms with Gasteiger partial charge >= 0.3 is 0 Å². The maximum atomic E-state index is 14.3. The molecule has 2 heterocycles. The Labute approximate surface area is 139 Å². The fraction of sp³-hybridized carbons (Fsp3) is 0.316. The van der Waals surface area contributed by atoms with Gasteiger partial charge in [-0.05, 0) is 44.0 Å². The van der Waals surface area contributed by atoms with Crippen LogP contribution in [0.15, 0.2) is 36.4 Å². The average molecular weight is 327 g/mol. The van der Waals surface area contributed by atoms with Crippen LogP contribution in [0.5, 0.6) is 0 Å². The number of imidazole rings is 1. The van der Waals surface area contributed by atoms with E-state index in [9.17, 15) is 8.78 Å². The number of hydrogen-bond acceptors (Lipinski definition) is 2. The summed E-state index contributed by atoms with van der Waals surface area (Å²) in [5.41, 5.74) is 2.64. The van der Waals surface area contributed by atoms with Gasteiger partial charge in [-0.1, -0.05) is 18.9 Å². The first-order chi connectivity index (χ1) is 11.6. The van der Waals surface area contributed by atoms with Crippen molar-refractivity contribution in [3.8, 4) is 11.3 Å². The molecule has 1 saturated carbocycles. The first-order valence-corrected chi connectivity index (χ1v) is 8.33. The standard InChI is InChI=1S/C19H19F2N3/c1-12-5-4-8-17-23-18(15-10-9-13(20)11-16(15)21)19(24(12)17)22-14-6-2-3-7-14/h4-5,8-11,14,22H,2-3,6-7H2,1H3. The van der Waals surface area contributed by atoms with Gasteiger partial charge in [0, 0.05) is 23.4 Å². The second-order valence-electron chi connectivity index (χ2n) is 6.42. The van der Waals surface area contributed by atoms with Gasteiger partial charge < -0.3 is 5.32 Å². The van der Waals surface area contributed by atoms with Crippen molar-refractivity contribution in [1.29, 1.82) is 0 Å². The van der Waals surface area contributed by atoms with Gasteiger partial charge in [0.1, 0.15) is 28.8 Å². The molecule has 2 aromatic heterocycles. The van der Waals surface area contributed by atoms with E-state index in [1.165, 1.54) is 25.0 Å². The highest BCUT2D eigenvalue weighted by Crippen LogP contribution is 2.34. The Bertz CT molecular complexity index is 895. The smallest absolute Gasteiger partial charge is 0.139 e. The molecule has 1 fully saturated rings. The lowest BCUT2D eigenvalue weighted by Gasteiger charge is -2.16. The number of rotatable bonds is 3. The van der Waals surface area contributed by atoms with Gasteiger partial charge in [0.05, 0.1) is 0 Å². The lowest BCUT2D eigenvalue weighted by atomic mass is 10.1. The normalized spacial score (nSPS) is 15.3. The van der Waals surface area contributed by atoms with Gasteiger partial charge in [-0.15, -0.1) is 0 Å². The van der Waals surface area contributed by atoms with E-state index in [0.29, 0.717) is 17.3 Å². The van der Waals surface area contributed by atoms with Crippen molar-refractivity contribution in [2.24, 2.45) is 0 Å². The second-order valence-corrected chi connectivity index (χ2v) is 6.42. The molecule has 4 rings (SSSR count). The molecule has 0 bridgehead atoms. The van der Waals surface area contributed by atoms with E-state index in [-0.39, 0.29) is 0 Å². The average Bonchev–Trinajstić information content (AvgIpc) is 3.17. The minimum Gasteiger partial charge on any atom is -0.367 e. The first-order valence-electron chi connectivity index (χ1n) is 8.33. The molecular weight excluding hydrogens is 308 g/mol. The summed E-state index contributed by atoms with van der Waals surface area (Å²) in [7, 11) is 0. The van der Waals surface area contributed by atoms with Gasteiger partial charge in [-0.25, -0.2) is 13.8 Å². The summed E-state index contributed by atoms with van der Waals surface area (Å²) < 4.78 is 29.6. The molecule has 0 saturated heterocycles. The van der Waals surface area contributed by atoms with Crippen LogP contribution in [0.25, 0.3) is 16.9 Å². The molecule has 1 N–H and O–H groups in total. The summed E-state index contributed by atoms with van der Waals surface area (Å²) in [5, 5.41) is 3.55. The summed E-state index contributed by atoms with van der Waals surface area (Å²) in [6.45, 7) is 2.00. The molecule has 1 aliphatic carbocycles. The first kappa shape index (κ1) is 15.1. The van der Waals surface area contributed by atoms with Crippen LogP contribution in [0.1, 0.15) is 31.4 Å². The zero-order valence-corrected chi connectivity index (χ0v) is 13.5. The highest BCUT2D eigenvalue weighted by atomic mass is 19.1. The van der Waals surface area contributed by atoms with Crippen LogP contribution < -0.4 is 5.32 Å². The number of pyridine rings is 1. The molecule has 124 valence electrons. The molecule has 3 aromatic rings. The summed E-state index contributed by atoms with van der Waals surface area (Å²) in [4.78, 5) is 4.61. The summed E-state index contributed by atoms with van der Waals surface area (Å²) in [6.07, 6.45) is 4.61. The number of halogens is 2. The summed E-state index contributed by atoms with van der Waals surface area (Å²) in [6, 6.07) is 9.84. The van der Waals surface area contributed by atoms with Crippen LogP contribution >= 0.6 is 0 Å². The van der Waals surface area contributed by atoms with Crippen LogP contribution in [0.3, 0.4) is 0 Å². The Morgan fingerprint density at radius 1 is 1.12 bits per heavy atom. The molecular formula is C19H19F2N3. The van der Waals surface area contributed by atoms with Crippen LogP contribution in [-0.2, 0) is 0 Å². The Hall–Kier alpha value is -2.43. The van der Waals surface area contributed by atoms with Gasteiger partial charge in [-0.3, -0.25) is 4.40 Å². The number of aromatic nitrogens is 2. The Kier molecular flexibility index (Phi) is 3.71. The molecule has 0 amide bonds. The largest absolute Gasteiger partial charge is 0.367 e. The van der Waals surface area contributed by atoms with Crippen molar-refractivity contribution in [2.45, 2.75) is 38.6 Å². The quantitative estimate of drug-likeness (QED) is 0.738. The van der Waals surface area contributed by atoms with E-state index in [0.717, 1.165) is 36.1 Å². The fourth-order valence-electron chi connectivity index (χ4n) is 3.52. The lowest BCUT2D eigenvalue weighted by molar-refractivity contribution is 0.585. The fourth-order valence-corrected chi connectivity index (χ4v) is 3.52. The molecule has 0 spiro atoms. The maximum Gasteiger partial charge on any atom is 0.139 e. The number of benzene rings is 1. The summed E-state index contributed by atoms with van der Waals surface area (Å²) >= 11 is 0. The van der Waals surface area contributed by atoms with E-state index in [4.69, 9.17) is 0 Å². The minimum absolute atomic E-state index is 0.319. The second kappa shape index (κ2) is 5.89. The molecule has 24 heavy (non-hydrogen) atoms. The number of nitrogens with zero attached hydrogens (tertiary/aromatic N) is 2. The maximum absolute atomic E-state index is 14.3. The van der Waals surface area contributed by atoms with Crippen LogP contribution in [0.2, 0.25) is 0 Å². The Morgan fingerprint density at radius 3 is 2.67 bits per heavy atom. The van der Waals surface area contributed by atoms with Crippen molar-refractivity contribution in [1.82, 2.24) is 9.38 Å². The lowest BCUT2D eigenvalue weighted by Crippen LogP contribution is -2.17. The molecule has 1 aliphatic rings. The zero-order valence-electron chi connectivity index (χ0n) is 13.5. The number of fused-ring (bicyclic) bond motifs is 1. The van der Waals surface area contributed by atoms with Crippen LogP contribution in [0, 0.1) is 18.6 Å². The van der Waals surface area contributed by atoms with Crippen LogP contribution in [-0.4, -0.2) is 15.4 Å². The minimum atomic E-state index is -0.592. The third-order valence-corrected chi connectivity index (χ3v) is 4.72. The number of nitrogens with one attached hydrogen (secondary N) is 1. The van der Waals surface area contributed by atoms with E-state index in [1.807, 2.05) is 29.5 Å². The Morgan fingerprint density at radius 2 is 1.92 bits per heavy atom. The Balaban J connectivity index is 1.91. The van der Waals surface area contributed by atoms with Crippen molar-refractivity contribution < 1.29 is 8.78 Å². The van der Waals surface area contributed by atoms with E-state index in [2.05, 4.69) is 10.3 Å². The summed E-state index contributed by atoms with van der Waals surface area (Å²) in [5.74, 6) is -0.382. The van der Waals surface area contributed by atoms with Gasteiger partial charge in [-0.2, -0.15) is 0 Å². The number of hydrogen-bond donors (Lipinski definition) is 1. The van der Waals surface area contributed by atoms with Crippen molar-refractivity contribution >= 4 is 11.5 Å². The van der Waals surface area contributed by atoms with Crippen LogP contribution in [0.4, 0.5) is 14.6 Å². The van der Waals surface area contributed by atoms with Gasteiger partial charge in [0.25, 0.3) is 0 Å². The van der Waals surface area contributed by atoms with Gasteiger partial charge in [0.15, 0.2) is 0 Å². The number of aryl methyl sites for hydroxylation is 1. The van der Waals surface area contributed by atoms with Gasteiger partial charge in [0.2, 0.25) is 0 Å². The van der Waals surface area contributed by atoms with E-state index < -0.39 is 11.6 Å². The van der Waals surface area contributed by atoms with Crippen molar-refractivity contribution in [3.63, 3.8) is 0 Å². The third-order valence-electron chi connectivity index (χ3n) is 4.72. The highest BCUT2D eigenvalue weighted by Gasteiger charge is 2.22. The topological polar surface area (TPSA) is 29.3 Å². The third kappa shape index (κ3) is 2.54. The molecule has 0 atom stereocenters. The number of anilines is 1.